The molecule has 0 amide bonds. The zero-order chi connectivity index (χ0) is 6.69. The van der Waals surface area contributed by atoms with E-state index in [-0.39, 0.29) is 6.10 Å². The van der Waals surface area contributed by atoms with Gasteiger partial charge in [-0.1, -0.05) is 0 Å². The molecule has 0 fully saturated rings. The van der Waals surface area contributed by atoms with E-state index in [1.165, 1.54) is 0 Å². The first kappa shape index (κ1) is 6.29. The highest BCUT2D eigenvalue weighted by Gasteiger charge is 1.94. The van der Waals surface area contributed by atoms with Crippen LogP contribution < -0.4 is 0 Å². The molecule has 0 bridgehead atoms. The van der Waals surface area contributed by atoms with Crippen molar-refractivity contribution in [3.8, 4) is 0 Å². The van der Waals surface area contributed by atoms with Crippen molar-refractivity contribution in [3.05, 3.63) is 18.5 Å². The molecule has 9 heavy (non-hydrogen) atoms. The Labute approximate surface area is 53.9 Å². The van der Waals surface area contributed by atoms with E-state index < -0.39 is 0 Å². The fourth-order valence-corrected chi connectivity index (χ4v) is 0.633. The summed E-state index contributed by atoms with van der Waals surface area (Å²) in [7, 11) is 0. The zero-order valence-corrected chi connectivity index (χ0v) is 5.28. The van der Waals surface area contributed by atoms with Gasteiger partial charge in [0.15, 0.2) is 0 Å². The van der Waals surface area contributed by atoms with Crippen molar-refractivity contribution in [2.24, 2.45) is 0 Å². The second kappa shape index (κ2) is 2.64. The summed E-state index contributed by atoms with van der Waals surface area (Å²) >= 11 is 0. The molecule has 0 aliphatic rings. The Morgan fingerprint density at radius 1 is 1.89 bits per heavy atom. The van der Waals surface area contributed by atoms with E-state index in [1.54, 1.807) is 23.9 Å². The van der Waals surface area contributed by atoms with Gasteiger partial charge in [-0.25, -0.2) is 0 Å². The summed E-state index contributed by atoms with van der Waals surface area (Å²) in [5.74, 6) is 0. The molecule has 1 radical (unpaired) electrons. The fraction of sp³-hybridized carbons (Fsp3) is 0.500. The van der Waals surface area contributed by atoms with Gasteiger partial charge in [-0.05, 0) is 13.0 Å². The van der Waals surface area contributed by atoms with Crippen molar-refractivity contribution in [1.82, 2.24) is 9.78 Å². The lowest BCUT2D eigenvalue weighted by Crippen LogP contribution is -2.11. The third kappa shape index (κ3) is 1.85. The number of hydrogen-bond acceptors (Lipinski definition) is 2. The second-order valence-corrected chi connectivity index (χ2v) is 2.02. The average molecular weight is 125 g/mol. The highest BCUT2D eigenvalue weighted by molar-refractivity contribution is 4.75. The van der Waals surface area contributed by atoms with E-state index in [0.29, 0.717) is 6.54 Å². The zero-order valence-electron chi connectivity index (χ0n) is 5.28. The van der Waals surface area contributed by atoms with Crippen LogP contribution in [0.5, 0.6) is 0 Å². The molecule has 1 unspecified atom stereocenters. The maximum Gasteiger partial charge on any atom is 0.113 e. The van der Waals surface area contributed by atoms with Crippen LogP contribution in [0, 0.1) is 6.20 Å². The quantitative estimate of drug-likeness (QED) is 0.607. The molecule has 0 aliphatic carbocycles. The molecule has 0 aliphatic heterocycles. The van der Waals surface area contributed by atoms with E-state index in [2.05, 4.69) is 11.3 Å². The third-order valence-electron chi connectivity index (χ3n) is 0.959. The fourth-order valence-electron chi connectivity index (χ4n) is 0.633. The number of hydrogen-bond donors (Lipinski definition) is 1. The monoisotopic (exact) mass is 125 g/mol. The Bertz CT molecular complexity index is 158. The van der Waals surface area contributed by atoms with Crippen molar-refractivity contribution < 1.29 is 5.11 Å². The Morgan fingerprint density at radius 2 is 2.67 bits per heavy atom. The summed E-state index contributed by atoms with van der Waals surface area (Å²) in [6, 6.07) is 1.71. The highest BCUT2D eigenvalue weighted by Crippen LogP contribution is 1.87. The predicted octanol–water partition coefficient (Wildman–Crippen LogP) is 0.0641. The maximum atomic E-state index is 8.85. The van der Waals surface area contributed by atoms with Crippen LogP contribution in [-0.2, 0) is 6.54 Å². The van der Waals surface area contributed by atoms with Crippen LogP contribution in [0.15, 0.2) is 12.3 Å². The van der Waals surface area contributed by atoms with Crippen molar-refractivity contribution >= 4 is 0 Å². The Kier molecular flexibility index (Phi) is 1.85. The third-order valence-corrected chi connectivity index (χ3v) is 0.959. The molecule has 1 N–H and O–H groups in total. The van der Waals surface area contributed by atoms with Crippen molar-refractivity contribution in [3.63, 3.8) is 0 Å². The van der Waals surface area contributed by atoms with Gasteiger partial charge in [-0.15, -0.1) is 0 Å². The summed E-state index contributed by atoms with van der Waals surface area (Å²) in [4.78, 5) is 0. The minimum Gasteiger partial charge on any atom is -0.391 e. The summed E-state index contributed by atoms with van der Waals surface area (Å²) in [6.07, 6.45) is 4.07. The molecule has 1 atom stereocenters. The normalized spacial score (nSPS) is 13.6. The van der Waals surface area contributed by atoms with Gasteiger partial charge in [-0.2, -0.15) is 5.10 Å². The van der Waals surface area contributed by atoms with Crippen LogP contribution >= 0.6 is 0 Å². The Morgan fingerprint density at radius 3 is 3.11 bits per heavy atom. The van der Waals surface area contributed by atoms with E-state index in [0.717, 1.165) is 0 Å². The van der Waals surface area contributed by atoms with Gasteiger partial charge in [0.1, 0.15) is 6.20 Å². The standard InChI is InChI=1S/C6H9N2O/c1-6(9)5-8-4-2-3-7-8/h2,4,6,9H,5H2,1H3. The lowest BCUT2D eigenvalue weighted by molar-refractivity contribution is 0.168. The smallest absolute Gasteiger partial charge is 0.113 e. The number of rotatable bonds is 2. The van der Waals surface area contributed by atoms with Crippen LogP contribution in [0.3, 0.4) is 0 Å². The first-order valence-corrected chi connectivity index (χ1v) is 2.86. The first-order chi connectivity index (χ1) is 4.29. The van der Waals surface area contributed by atoms with Crippen LogP contribution in [0.2, 0.25) is 0 Å². The van der Waals surface area contributed by atoms with Crippen molar-refractivity contribution in [2.45, 2.75) is 19.6 Å². The van der Waals surface area contributed by atoms with E-state index in [1.807, 2.05) is 0 Å². The van der Waals surface area contributed by atoms with Gasteiger partial charge in [0.2, 0.25) is 0 Å². The average Bonchev–Trinajstić information content (AvgIpc) is 2.15. The SMILES string of the molecule is CC(O)Cn1cc[c]n1. The minimum atomic E-state index is -0.335. The van der Waals surface area contributed by atoms with Crippen molar-refractivity contribution in [1.29, 1.82) is 0 Å². The van der Waals surface area contributed by atoms with Gasteiger partial charge in [-0.3, -0.25) is 4.68 Å². The minimum absolute atomic E-state index is 0.335. The summed E-state index contributed by atoms with van der Waals surface area (Å²) in [5.41, 5.74) is 0. The topological polar surface area (TPSA) is 38.0 Å². The highest BCUT2D eigenvalue weighted by atomic mass is 16.3. The molecule has 0 saturated carbocycles. The number of nitrogens with zero attached hydrogens (tertiary/aromatic N) is 2. The Balaban J connectivity index is 2.48. The summed E-state index contributed by atoms with van der Waals surface area (Å²) in [6.45, 7) is 2.27. The molecule has 0 aromatic carbocycles. The number of aromatic nitrogens is 2. The lowest BCUT2D eigenvalue weighted by atomic mass is 10.4. The summed E-state index contributed by atoms with van der Waals surface area (Å²) in [5, 5.41) is 12.6. The largest absolute Gasteiger partial charge is 0.391 e. The van der Waals surface area contributed by atoms with Crippen LogP contribution in [-0.4, -0.2) is 21.0 Å². The van der Waals surface area contributed by atoms with E-state index >= 15 is 0 Å². The first-order valence-electron chi connectivity index (χ1n) is 2.86. The van der Waals surface area contributed by atoms with Gasteiger partial charge >= 0.3 is 0 Å². The molecule has 1 aromatic rings. The van der Waals surface area contributed by atoms with E-state index in [9.17, 15) is 0 Å². The Hall–Kier alpha value is -0.830. The van der Waals surface area contributed by atoms with Crippen LogP contribution in [0.1, 0.15) is 6.92 Å². The molecule has 0 spiro atoms. The molecule has 3 heteroatoms. The van der Waals surface area contributed by atoms with Crippen LogP contribution in [0.25, 0.3) is 0 Å². The summed E-state index contributed by atoms with van der Waals surface area (Å²) < 4.78 is 1.64. The maximum absolute atomic E-state index is 8.85. The van der Waals surface area contributed by atoms with Gasteiger partial charge < -0.3 is 5.11 Å². The van der Waals surface area contributed by atoms with Gasteiger partial charge in [0.05, 0.1) is 12.6 Å². The molecular weight excluding hydrogens is 116 g/mol. The molecule has 1 rings (SSSR count). The van der Waals surface area contributed by atoms with Gasteiger partial charge in [0, 0.05) is 6.20 Å². The van der Waals surface area contributed by atoms with Crippen molar-refractivity contribution in [2.75, 3.05) is 0 Å². The van der Waals surface area contributed by atoms with Crippen LogP contribution in [0.4, 0.5) is 0 Å². The molecular formula is C6H9N2O. The van der Waals surface area contributed by atoms with E-state index in [4.69, 9.17) is 5.11 Å². The van der Waals surface area contributed by atoms with Gasteiger partial charge in [0.25, 0.3) is 0 Å². The predicted molar refractivity (Wildman–Crippen MR) is 32.7 cm³/mol. The number of aliphatic hydroxyl groups excluding tert-OH is 1. The molecule has 1 heterocycles. The molecule has 3 nitrogen and oxygen atoms in total. The second-order valence-electron chi connectivity index (χ2n) is 2.02. The molecule has 1 aromatic heterocycles. The molecule has 49 valence electrons. The molecule has 0 saturated heterocycles. The number of aliphatic hydroxyl groups is 1. The lowest BCUT2D eigenvalue weighted by Gasteiger charge is -2.01.